The first-order valence-electron chi connectivity index (χ1n) is 5.48. The second-order valence-corrected chi connectivity index (χ2v) is 4.13. The molecule has 0 spiro atoms. The van der Waals surface area contributed by atoms with Crippen molar-refractivity contribution >= 4 is 5.70 Å². The summed E-state index contributed by atoms with van der Waals surface area (Å²) in [7, 11) is 0. The molecule has 0 amide bonds. The Kier molecular flexibility index (Phi) is 1.83. The third-order valence-corrected chi connectivity index (χ3v) is 3.25. The van der Waals surface area contributed by atoms with Crippen LogP contribution in [0.3, 0.4) is 0 Å². The van der Waals surface area contributed by atoms with Crippen LogP contribution in [0.4, 0.5) is 0 Å². The highest BCUT2D eigenvalue weighted by Crippen LogP contribution is 2.31. The molecule has 2 heterocycles. The number of rotatable bonds is 0. The molecule has 0 fully saturated rings. The number of fused-ring (bicyclic) bond motifs is 3. The van der Waals surface area contributed by atoms with Gasteiger partial charge in [0, 0.05) is 24.4 Å². The van der Waals surface area contributed by atoms with Crippen molar-refractivity contribution in [3.05, 3.63) is 41.5 Å². The molecule has 1 aromatic rings. The maximum Gasteiger partial charge on any atom is 0.0402 e. The van der Waals surface area contributed by atoms with E-state index in [1.165, 1.54) is 49.2 Å². The summed E-state index contributed by atoms with van der Waals surface area (Å²) in [6, 6.07) is 8.83. The van der Waals surface area contributed by atoms with Crippen LogP contribution in [0.25, 0.3) is 5.70 Å². The van der Waals surface area contributed by atoms with E-state index in [0.717, 1.165) is 0 Å². The molecule has 0 atom stereocenters. The molecule has 14 heavy (non-hydrogen) atoms. The molecule has 0 unspecified atom stereocenters. The summed E-state index contributed by atoms with van der Waals surface area (Å²) in [6.45, 7) is 2.46. The minimum absolute atomic E-state index is 1.21. The fourth-order valence-corrected chi connectivity index (χ4v) is 2.53. The predicted molar refractivity (Wildman–Crippen MR) is 58.9 cm³/mol. The average Bonchev–Trinajstić information content (AvgIpc) is 2.29. The van der Waals surface area contributed by atoms with Crippen molar-refractivity contribution < 1.29 is 0 Å². The first kappa shape index (κ1) is 8.10. The van der Waals surface area contributed by atoms with Gasteiger partial charge in [-0.1, -0.05) is 30.3 Å². The van der Waals surface area contributed by atoms with Gasteiger partial charge in [-0.25, -0.2) is 0 Å². The summed E-state index contributed by atoms with van der Waals surface area (Å²) in [4.78, 5) is 2.53. The molecule has 3 rings (SSSR count). The average molecular weight is 185 g/mol. The van der Waals surface area contributed by atoms with Crippen LogP contribution < -0.4 is 0 Å². The van der Waals surface area contributed by atoms with Gasteiger partial charge in [0.2, 0.25) is 0 Å². The standard InChI is InChI=1S/C13H15N/c1-2-6-12-11(5-1)8-10-14-9-4-3-7-13(12)14/h1-2,5-7H,3-4,8-10H2. The van der Waals surface area contributed by atoms with Crippen LogP contribution in [0.15, 0.2) is 30.3 Å². The van der Waals surface area contributed by atoms with Crippen LogP contribution in [-0.2, 0) is 6.42 Å². The van der Waals surface area contributed by atoms with Crippen LogP contribution in [0.2, 0.25) is 0 Å². The molecule has 1 heteroatoms. The number of hydrogen-bond acceptors (Lipinski definition) is 1. The summed E-state index contributed by atoms with van der Waals surface area (Å²) in [5.74, 6) is 0. The molecule has 0 saturated carbocycles. The number of hydrogen-bond donors (Lipinski definition) is 0. The second-order valence-electron chi connectivity index (χ2n) is 4.13. The Morgan fingerprint density at radius 1 is 1.07 bits per heavy atom. The SMILES string of the molecule is C1=C2c3ccccc3CCN2CCC1. The van der Waals surface area contributed by atoms with Crippen LogP contribution in [0, 0.1) is 0 Å². The maximum atomic E-state index is 2.53. The minimum Gasteiger partial charge on any atom is -0.371 e. The minimum atomic E-state index is 1.21. The van der Waals surface area contributed by atoms with Crippen molar-refractivity contribution in [1.82, 2.24) is 4.90 Å². The number of allylic oxidation sites excluding steroid dienone is 1. The van der Waals surface area contributed by atoms with Gasteiger partial charge < -0.3 is 4.90 Å². The smallest absolute Gasteiger partial charge is 0.0402 e. The molecule has 1 nitrogen and oxygen atoms in total. The molecule has 0 bridgehead atoms. The maximum absolute atomic E-state index is 2.53. The topological polar surface area (TPSA) is 3.24 Å². The van der Waals surface area contributed by atoms with Gasteiger partial charge in [-0.15, -0.1) is 0 Å². The van der Waals surface area contributed by atoms with Gasteiger partial charge >= 0.3 is 0 Å². The third kappa shape index (κ3) is 1.16. The molecular formula is C13H15N. The van der Waals surface area contributed by atoms with Crippen molar-refractivity contribution in [2.45, 2.75) is 19.3 Å². The molecule has 0 aliphatic carbocycles. The van der Waals surface area contributed by atoms with Gasteiger partial charge in [-0.2, -0.15) is 0 Å². The molecule has 2 aliphatic heterocycles. The van der Waals surface area contributed by atoms with Crippen molar-refractivity contribution in [3.8, 4) is 0 Å². The van der Waals surface area contributed by atoms with E-state index in [2.05, 4.69) is 35.2 Å². The van der Waals surface area contributed by atoms with Crippen molar-refractivity contribution in [1.29, 1.82) is 0 Å². The normalized spacial score (nSPS) is 19.7. The van der Waals surface area contributed by atoms with Crippen LogP contribution in [-0.4, -0.2) is 18.0 Å². The van der Waals surface area contributed by atoms with Gasteiger partial charge in [-0.3, -0.25) is 0 Å². The van der Waals surface area contributed by atoms with Crippen LogP contribution in [0.1, 0.15) is 24.0 Å². The summed E-state index contributed by atoms with van der Waals surface area (Å²) >= 11 is 0. The highest BCUT2D eigenvalue weighted by molar-refractivity contribution is 5.69. The van der Waals surface area contributed by atoms with E-state index < -0.39 is 0 Å². The molecular weight excluding hydrogens is 170 g/mol. The first-order chi connectivity index (χ1) is 6.95. The zero-order valence-corrected chi connectivity index (χ0v) is 8.37. The molecule has 0 radical (unpaired) electrons. The lowest BCUT2D eigenvalue weighted by molar-refractivity contribution is 0.370. The van der Waals surface area contributed by atoms with Gasteiger partial charge in [0.25, 0.3) is 0 Å². The molecule has 0 aromatic heterocycles. The molecule has 0 saturated heterocycles. The fraction of sp³-hybridized carbons (Fsp3) is 0.385. The fourth-order valence-electron chi connectivity index (χ4n) is 2.53. The monoisotopic (exact) mass is 185 g/mol. The molecule has 0 N–H and O–H groups in total. The first-order valence-corrected chi connectivity index (χ1v) is 5.48. The second kappa shape index (κ2) is 3.16. The summed E-state index contributed by atoms with van der Waals surface area (Å²) < 4.78 is 0. The van der Waals surface area contributed by atoms with E-state index in [9.17, 15) is 0 Å². The van der Waals surface area contributed by atoms with E-state index >= 15 is 0 Å². The van der Waals surface area contributed by atoms with Gasteiger partial charge in [0.05, 0.1) is 0 Å². The lowest BCUT2D eigenvalue weighted by atomic mass is 9.94. The zero-order valence-electron chi connectivity index (χ0n) is 8.37. The Hall–Kier alpha value is -1.24. The van der Waals surface area contributed by atoms with Crippen LogP contribution in [0.5, 0.6) is 0 Å². The van der Waals surface area contributed by atoms with E-state index in [-0.39, 0.29) is 0 Å². The Labute approximate surface area is 85.0 Å². The van der Waals surface area contributed by atoms with Gasteiger partial charge in [-0.05, 0) is 24.8 Å². The lowest BCUT2D eigenvalue weighted by Gasteiger charge is -2.35. The van der Waals surface area contributed by atoms with Crippen molar-refractivity contribution in [2.75, 3.05) is 13.1 Å². The molecule has 2 aliphatic rings. The van der Waals surface area contributed by atoms with Crippen molar-refractivity contribution in [2.24, 2.45) is 0 Å². The Morgan fingerprint density at radius 3 is 3.00 bits per heavy atom. The number of nitrogens with zero attached hydrogens (tertiary/aromatic N) is 1. The zero-order chi connectivity index (χ0) is 9.38. The largest absolute Gasteiger partial charge is 0.371 e. The Balaban J connectivity index is 2.11. The predicted octanol–water partition coefficient (Wildman–Crippen LogP) is 2.68. The van der Waals surface area contributed by atoms with Crippen molar-refractivity contribution in [3.63, 3.8) is 0 Å². The Bertz CT molecular complexity index is 379. The molecule has 72 valence electrons. The summed E-state index contributed by atoms with van der Waals surface area (Å²) in [5, 5.41) is 0. The number of benzene rings is 1. The summed E-state index contributed by atoms with van der Waals surface area (Å²) in [5.41, 5.74) is 4.48. The Morgan fingerprint density at radius 2 is 2.00 bits per heavy atom. The highest BCUT2D eigenvalue weighted by Gasteiger charge is 2.21. The highest BCUT2D eigenvalue weighted by atomic mass is 15.1. The van der Waals surface area contributed by atoms with Crippen LogP contribution >= 0.6 is 0 Å². The lowest BCUT2D eigenvalue weighted by Crippen LogP contribution is -2.32. The summed E-state index contributed by atoms with van der Waals surface area (Å²) in [6.07, 6.45) is 6.20. The van der Waals surface area contributed by atoms with E-state index in [1.807, 2.05) is 0 Å². The van der Waals surface area contributed by atoms with E-state index in [4.69, 9.17) is 0 Å². The third-order valence-electron chi connectivity index (χ3n) is 3.25. The van der Waals surface area contributed by atoms with Gasteiger partial charge in [0.1, 0.15) is 0 Å². The van der Waals surface area contributed by atoms with E-state index in [1.54, 1.807) is 0 Å². The molecule has 1 aromatic carbocycles. The quantitative estimate of drug-likeness (QED) is 0.600. The van der Waals surface area contributed by atoms with E-state index in [0.29, 0.717) is 0 Å². The van der Waals surface area contributed by atoms with Gasteiger partial charge in [0.15, 0.2) is 0 Å².